The first kappa shape index (κ1) is 68.9. The minimum absolute atomic E-state index is 0.0654. The molecule has 1 unspecified atom stereocenters. The van der Waals surface area contributed by atoms with Gasteiger partial charge in [0.15, 0.2) is 6.10 Å². The molecule has 0 rings (SSSR count). The number of rotatable bonds is 59. The van der Waals surface area contributed by atoms with Gasteiger partial charge in [-0.2, -0.15) is 0 Å². The summed E-state index contributed by atoms with van der Waals surface area (Å²) in [6.45, 7) is 6.67. The number of hydrogen-bond donors (Lipinski definition) is 0. The molecule has 0 aromatic carbocycles. The number of allylic oxidation sites excluding steroid dienone is 4. The molecule has 0 radical (unpaired) electrons. The number of carbonyl (C=O) groups excluding carboxylic acids is 3. The van der Waals surface area contributed by atoms with Gasteiger partial charge in [0, 0.05) is 19.3 Å². The van der Waals surface area contributed by atoms with Gasteiger partial charge in [0.2, 0.25) is 0 Å². The van der Waals surface area contributed by atoms with Crippen molar-refractivity contribution in [1.82, 2.24) is 0 Å². The van der Waals surface area contributed by atoms with Crippen LogP contribution in [0.4, 0.5) is 0 Å². The van der Waals surface area contributed by atoms with E-state index in [0.29, 0.717) is 19.3 Å². The first-order chi connectivity index (χ1) is 35.0. The normalized spacial score (nSPS) is 12.1. The van der Waals surface area contributed by atoms with Crippen LogP contribution in [0.3, 0.4) is 0 Å². The number of hydrogen-bond acceptors (Lipinski definition) is 6. The Balaban J connectivity index is 4.15. The number of ether oxygens (including phenoxy) is 3. The largest absolute Gasteiger partial charge is 0.462 e. The van der Waals surface area contributed by atoms with Gasteiger partial charge in [-0.1, -0.05) is 308 Å². The van der Waals surface area contributed by atoms with Crippen LogP contribution in [0.5, 0.6) is 0 Å². The summed E-state index contributed by atoms with van der Waals surface area (Å²) in [4.78, 5) is 38.2. The summed E-state index contributed by atoms with van der Waals surface area (Å²) in [5.74, 6) is -0.843. The van der Waals surface area contributed by atoms with Gasteiger partial charge in [0.1, 0.15) is 13.2 Å². The lowest BCUT2D eigenvalue weighted by atomic mass is 10.0. The SMILES string of the molecule is CCCCCCC/C=C\C/C=C\CCCCCCCCCCCCCCCC(=O)OCC(COC(=O)CCCCCCCCCCC)OC(=O)CCCCCCCCCCCCCCCCCCCCC. The molecule has 0 saturated carbocycles. The molecule has 6 heteroatoms. The molecule has 0 aliphatic carbocycles. The van der Waals surface area contributed by atoms with Crippen molar-refractivity contribution in [1.29, 1.82) is 0 Å². The average molecular weight is 1000 g/mol. The van der Waals surface area contributed by atoms with Gasteiger partial charge < -0.3 is 14.2 Å². The molecule has 0 spiro atoms. The molecule has 1 atom stereocenters. The standard InChI is InChI=1S/C65H122O6/c1-4-7-10-13-16-19-21-23-25-27-29-30-31-32-33-34-36-37-39-41-43-46-49-52-55-58-64(67)70-61-62(60-69-63(66)57-54-51-48-45-18-15-12-9-6-3)71-65(68)59-56-53-50-47-44-42-40-38-35-28-26-24-22-20-17-14-11-8-5-2/h21,23,27,29,62H,4-20,22,24-26,28,30-61H2,1-3H3/b23-21-,29-27-. The molecule has 0 N–H and O–H groups in total. The van der Waals surface area contributed by atoms with E-state index in [2.05, 4.69) is 45.1 Å². The van der Waals surface area contributed by atoms with Crippen LogP contribution in [-0.2, 0) is 28.6 Å². The lowest BCUT2D eigenvalue weighted by Gasteiger charge is -2.18. The molecule has 0 aliphatic heterocycles. The third kappa shape index (κ3) is 58.7. The third-order valence-corrected chi connectivity index (χ3v) is 14.5. The van der Waals surface area contributed by atoms with E-state index < -0.39 is 6.10 Å². The Morgan fingerprint density at radius 1 is 0.282 bits per heavy atom. The zero-order valence-electron chi connectivity index (χ0n) is 48.0. The van der Waals surface area contributed by atoms with Crippen molar-refractivity contribution >= 4 is 17.9 Å². The minimum Gasteiger partial charge on any atom is -0.462 e. The van der Waals surface area contributed by atoms with E-state index in [1.807, 2.05) is 0 Å². The van der Waals surface area contributed by atoms with Crippen LogP contribution in [0.2, 0.25) is 0 Å². The summed E-state index contributed by atoms with van der Waals surface area (Å²) in [7, 11) is 0. The maximum absolute atomic E-state index is 12.9. The van der Waals surface area contributed by atoms with E-state index in [-0.39, 0.29) is 31.1 Å². The molecule has 0 aromatic rings. The molecule has 0 heterocycles. The molecule has 0 saturated heterocycles. The van der Waals surface area contributed by atoms with Crippen molar-refractivity contribution in [2.45, 2.75) is 361 Å². The lowest BCUT2D eigenvalue weighted by molar-refractivity contribution is -0.167. The van der Waals surface area contributed by atoms with Crippen LogP contribution in [0.15, 0.2) is 24.3 Å². The van der Waals surface area contributed by atoms with E-state index in [0.717, 1.165) is 64.2 Å². The molecule has 0 bridgehead atoms. The lowest BCUT2D eigenvalue weighted by Crippen LogP contribution is -2.30. The Morgan fingerprint density at radius 3 is 0.775 bits per heavy atom. The van der Waals surface area contributed by atoms with Crippen LogP contribution >= 0.6 is 0 Å². The van der Waals surface area contributed by atoms with Gasteiger partial charge in [-0.3, -0.25) is 14.4 Å². The van der Waals surface area contributed by atoms with Crippen molar-refractivity contribution in [2.24, 2.45) is 0 Å². The van der Waals surface area contributed by atoms with E-state index in [1.165, 1.54) is 250 Å². The van der Waals surface area contributed by atoms with Gasteiger partial charge in [0.25, 0.3) is 0 Å². The van der Waals surface area contributed by atoms with E-state index in [4.69, 9.17) is 14.2 Å². The molecule has 0 aliphatic rings. The highest BCUT2D eigenvalue weighted by atomic mass is 16.6. The fourth-order valence-electron chi connectivity index (χ4n) is 9.65. The van der Waals surface area contributed by atoms with Crippen LogP contribution in [0.25, 0.3) is 0 Å². The molecular formula is C65H122O6. The maximum Gasteiger partial charge on any atom is 0.306 e. The zero-order chi connectivity index (χ0) is 51.4. The zero-order valence-corrected chi connectivity index (χ0v) is 48.0. The second kappa shape index (κ2) is 60.4. The molecule has 0 fully saturated rings. The minimum atomic E-state index is -0.765. The predicted molar refractivity (Wildman–Crippen MR) is 307 cm³/mol. The highest BCUT2D eigenvalue weighted by Crippen LogP contribution is 2.18. The molecule has 6 nitrogen and oxygen atoms in total. The monoisotopic (exact) mass is 999 g/mol. The molecular weight excluding hydrogens is 877 g/mol. The van der Waals surface area contributed by atoms with Crippen molar-refractivity contribution in [3.05, 3.63) is 24.3 Å². The second-order valence-electron chi connectivity index (χ2n) is 21.7. The molecule has 0 aromatic heterocycles. The third-order valence-electron chi connectivity index (χ3n) is 14.5. The van der Waals surface area contributed by atoms with Gasteiger partial charge in [0.05, 0.1) is 0 Å². The smallest absolute Gasteiger partial charge is 0.306 e. The van der Waals surface area contributed by atoms with Gasteiger partial charge in [-0.05, 0) is 51.4 Å². The highest BCUT2D eigenvalue weighted by Gasteiger charge is 2.19. The van der Waals surface area contributed by atoms with E-state index >= 15 is 0 Å². The van der Waals surface area contributed by atoms with Gasteiger partial charge in [-0.25, -0.2) is 0 Å². The van der Waals surface area contributed by atoms with Crippen LogP contribution < -0.4 is 0 Å². The Kier molecular flexibility index (Phi) is 58.6. The summed E-state index contributed by atoms with van der Waals surface area (Å²) < 4.78 is 16.9. The Bertz CT molecular complexity index is 1150. The first-order valence-electron chi connectivity index (χ1n) is 31.8. The van der Waals surface area contributed by atoms with E-state index in [1.54, 1.807) is 0 Å². The number of unbranched alkanes of at least 4 members (excludes halogenated alkanes) is 44. The van der Waals surface area contributed by atoms with Gasteiger partial charge in [-0.15, -0.1) is 0 Å². The Morgan fingerprint density at radius 2 is 0.507 bits per heavy atom. The summed E-state index contributed by atoms with van der Waals surface area (Å²) >= 11 is 0. The quantitative estimate of drug-likeness (QED) is 0.0261. The highest BCUT2D eigenvalue weighted by molar-refractivity contribution is 5.71. The Labute approximate surface area is 443 Å². The van der Waals surface area contributed by atoms with Crippen LogP contribution in [-0.4, -0.2) is 37.2 Å². The molecule has 71 heavy (non-hydrogen) atoms. The predicted octanol–water partition coefficient (Wildman–Crippen LogP) is 21.4. The van der Waals surface area contributed by atoms with Crippen molar-refractivity contribution < 1.29 is 28.6 Å². The summed E-state index contributed by atoms with van der Waals surface area (Å²) in [6.07, 6.45) is 72.0. The Hall–Kier alpha value is -2.11. The summed E-state index contributed by atoms with van der Waals surface area (Å²) in [5, 5.41) is 0. The van der Waals surface area contributed by atoms with E-state index in [9.17, 15) is 14.4 Å². The fraction of sp³-hybridized carbons (Fsp3) is 0.892. The van der Waals surface area contributed by atoms with Crippen molar-refractivity contribution in [3.8, 4) is 0 Å². The average Bonchev–Trinajstić information content (AvgIpc) is 3.37. The molecule has 0 amide bonds. The van der Waals surface area contributed by atoms with Gasteiger partial charge >= 0.3 is 17.9 Å². The number of carbonyl (C=O) groups is 3. The maximum atomic E-state index is 12.9. The molecule has 418 valence electrons. The number of esters is 3. The summed E-state index contributed by atoms with van der Waals surface area (Å²) in [5.41, 5.74) is 0. The van der Waals surface area contributed by atoms with Crippen LogP contribution in [0.1, 0.15) is 355 Å². The first-order valence-corrected chi connectivity index (χ1v) is 31.8. The van der Waals surface area contributed by atoms with Crippen molar-refractivity contribution in [3.63, 3.8) is 0 Å². The van der Waals surface area contributed by atoms with Crippen LogP contribution in [0, 0.1) is 0 Å². The summed E-state index contributed by atoms with van der Waals surface area (Å²) in [6, 6.07) is 0. The topological polar surface area (TPSA) is 78.9 Å². The van der Waals surface area contributed by atoms with Crippen molar-refractivity contribution in [2.75, 3.05) is 13.2 Å². The fourth-order valence-corrected chi connectivity index (χ4v) is 9.65. The second-order valence-corrected chi connectivity index (χ2v) is 21.7.